The maximum atomic E-state index is 5.07. The fourth-order valence-electron chi connectivity index (χ4n) is 0.195. The van der Waals surface area contributed by atoms with Crippen molar-refractivity contribution in [2.24, 2.45) is 0 Å². The lowest BCUT2D eigenvalue weighted by atomic mass is 10.3. The van der Waals surface area contributed by atoms with Crippen LogP contribution < -0.4 is 0 Å². The molecule has 0 saturated heterocycles. The number of halogens is 1. The van der Waals surface area contributed by atoms with Crippen LogP contribution in [0, 0.1) is 6.58 Å². The van der Waals surface area contributed by atoms with Crippen molar-refractivity contribution >= 4 is 15.9 Å². The van der Waals surface area contributed by atoms with Crippen molar-refractivity contribution < 1.29 is 0 Å². The molecule has 1 radical (unpaired) electrons. The lowest BCUT2D eigenvalue weighted by Gasteiger charge is -1.80. The molecule has 0 heterocycles. The molecule has 0 aromatic rings. The molecule has 0 saturated carbocycles. The van der Waals surface area contributed by atoms with Crippen LogP contribution in [0.4, 0.5) is 0 Å². The molecule has 0 amide bonds. The van der Waals surface area contributed by atoms with Gasteiger partial charge in [-0.1, -0.05) is 28.6 Å². The third-order valence-corrected chi connectivity index (χ3v) is 1.07. The van der Waals surface area contributed by atoms with Crippen molar-refractivity contribution in [2.45, 2.75) is 12.8 Å². The predicted octanol–water partition coefficient (Wildman–Crippen LogP) is 2.15. The monoisotopic (exact) mass is 147 g/mol. The Balaban J connectivity index is 2.49. The molecule has 0 N–H and O–H groups in total. The van der Waals surface area contributed by atoms with Gasteiger partial charge in [-0.2, -0.15) is 0 Å². The number of hydrogen-bond acceptors (Lipinski definition) is 0. The van der Waals surface area contributed by atoms with Crippen LogP contribution in [-0.2, 0) is 0 Å². The summed E-state index contributed by atoms with van der Waals surface area (Å²) in [6.45, 7) is 5.07. The van der Waals surface area contributed by atoms with E-state index in [1.807, 2.05) is 0 Å². The Morgan fingerprint density at radius 2 is 2.33 bits per heavy atom. The minimum absolute atomic E-state index is 1.02. The lowest BCUT2D eigenvalue weighted by Crippen LogP contribution is -1.66. The van der Waals surface area contributed by atoms with E-state index in [9.17, 15) is 0 Å². The Kier molecular flexibility index (Phi) is 5.41. The summed E-state index contributed by atoms with van der Waals surface area (Å²) in [7, 11) is 0. The summed E-state index contributed by atoms with van der Waals surface area (Å²) in [5.74, 6) is 0. The second kappa shape index (κ2) is 5.22. The molecule has 6 heavy (non-hydrogen) atoms. The van der Waals surface area contributed by atoms with Crippen LogP contribution in [0.5, 0.6) is 0 Å². The van der Waals surface area contributed by atoms with Crippen LogP contribution >= 0.6 is 15.9 Å². The van der Waals surface area contributed by atoms with Crippen molar-refractivity contribution in [2.75, 3.05) is 5.33 Å². The minimum atomic E-state index is 1.02. The Morgan fingerprint density at radius 3 is 2.50 bits per heavy atom. The van der Waals surface area contributed by atoms with Crippen molar-refractivity contribution in [3.8, 4) is 0 Å². The summed E-state index contributed by atoms with van der Waals surface area (Å²) >= 11 is 3.27. The fourth-order valence-corrected chi connectivity index (χ4v) is 0.519. The van der Waals surface area contributed by atoms with E-state index in [-0.39, 0.29) is 0 Å². The summed E-state index contributed by atoms with van der Waals surface area (Å²) in [4.78, 5) is 0. The van der Waals surface area contributed by atoms with E-state index in [4.69, 9.17) is 6.58 Å². The largest absolute Gasteiger partial charge is 0.0928 e. The van der Waals surface area contributed by atoms with E-state index in [2.05, 4.69) is 15.9 Å². The third-order valence-electron chi connectivity index (χ3n) is 0.504. The average molecular weight is 148 g/mol. The maximum Gasteiger partial charge on any atom is 0.00342 e. The first kappa shape index (κ1) is 6.22. The Hall–Kier alpha value is 0.220. The molecule has 1 heteroatoms. The first-order chi connectivity index (χ1) is 2.91. The zero-order valence-corrected chi connectivity index (χ0v) is 5.24. The van der Waals surface area contributed by atoms with Crippen molar-refractivity contribution in [1.82, 2.24) is 0 Å². The first-order valence-electron chi connectivity index (χ1n) is 2.01. The number of alkyl halides is 1. The summed E-state index contributed by atoms with van der Waals surface area (Å²) in [6.07, 6.45) is 3.85. The quantitative estimate of drug-likeness (QED) is 0.425. The Morgan fingerprint density at radius 1 is 1.67 bits per heavy atom. The molecule has 0 nitrogen and oxygen atoms in total. The van der Waals surface area contributed by atoms with Crippen LogP contribution in [0.2, 0.25) is 0 Å². The summed E-state index contributed by atoms with van der Waals surface area (Å²) in [6, 6.07) is 0. The maximum absolute atomic E-state index is 5.07. The molecular formula is C5H8Br. The van der Waals surface area contributed by atoms with E-state index in [1.165, 1.54) is 0 Å². The third kappa shape index (κ3) is 4.22. The SMILES string of the molecule is [CH]=CCCCBr. The second-order valence-corrected chi connectivity index (χ2v) is 1.86. The molecule has 0 aromatic carbocycles. The molecular weight excluding hydrogens is 140 g/mol. The zero-order chi connectivity index (χ0) is 4.83. The molecule has 35 valence electrons. The first-order valence-corrected chi connectivity index (χ1v) is 3.13. The van der Waals surface area contributed by atoms with Gasteiger partial charge in [-0.15, -0.1) is 0 Å². The topological polar surface area (TPSA) is 0 Å². The Labute approximate surface area is 47.4 Å². The van der Waals surface area contributed by atoms with Gasteiger partial charge in [0.2, 0.25) is 0 Å². The van der Waals surface area contributed by atoms with Crippen molar-refractivity contribution in [3.63, 3.8) is 0 Å². The molecule has 0 fully saturated rings. The predicted molar refractivity (Wildman–Crippen MR) is 31.9 cm³/mol. The van der Waals surface area contributed by atoms with E-state index in [1.54, 1.807) is 6.08 Å². The minimum Gasteiger partial charge on any atom is -0.0928 e. The number of unbranched alkanes of at least 4 members (excludes halogenated alkanes) is 1. The van der Waals surface area contributed by atoms with Gasteiger partial charge in [0, 0.05) is 5.33 Å². The van der Waals surface area contributed by atoms with Crippen LogP contribution in [0.3, 0.4) is 0 Å². The molecule has 0 rings (SSSR count). The number of rotatable bonds is 3. The van der Waals surface area contributed by atoms with Crippen LogP contribution in [-0.4, -0.2) is 5.33 Å². The van der Waals surface area contributed by atoms with Crippen molar-refractivity contribution in [1.29, 1.82) is 0 Å². The average Bonchev–Trinajstić information content (AvgIpc) is 1.61. The molecule has 0 aliphatic carbocycles. The van der Waals surface area contributed by atoms with Gasteiger partial charge in [-0.25, -0.2) is 0 Å². The van der Waals surface area contributed by atoms with Gasteiger partial charge in [0.05, 0.1) is 0 Å². The van der Waals surface area contributed by atoms with Gasteiger partial charge in [0.15, 0.2) is 0 Å². The highest BCUT2D eigenvalue weighted by molar-refractivity contribution is 9.09. The van der Waals surface area contributed by atoms with Crippen LogP contribution in [0.15, 0.2) is 6.08 Å². The molecule has 0 aliphatic heterocycles. The van der Waals surface area contributed by atoms with Crippen LogP contribution in [0.1, 0.15) is 12.8 Å². The van der Waals surface area contributed by atoms with Gasteiger partial charge in [0.1, 0.15) is 0 Å². The zero-order valence-electron chi connectivity index (χ0n) is 3.65. The van der Waals surface area contributed by atoms with E-state index < -0.39 is 0 Å². The van der Waals surface area contributed by atoms with Crippen molar-refractivity contribution in [3.05, 3.63) is 12.7 Å². The van der Waals surface area contributed by atoms with Crippen LogP contribution in [0.25, 0.3) is 0 Å². The van der Waals surface area contributed by atoms with Gasteiger partial charge in [0.25, 0.3) is 0 Å². The lowest BCUT2D eigenvalue weighted by molar-refractivity contribution is 0.980. The molecule has 0 aromatic heterocycles. The van der Waals surface area contributed by atoms with Gasteiger partial charge < -0.3 is 0 Å². The van der Waals surface area contributed by atoms with Gasteiger partial charge >= 0.3 is 0 Å². The highest BCUT2D eigenvalue weighted by atomic mass is 79.9. The summed E-state index contributed by atoms with van der Waals surface area (Å²) in [5.41, 5.74) is 0. The number of hydrogen-bond donors (Lipinski definition) is 0. The smallest absolute Gasteiger partial charge is 0.00342 e. The molecule has 0 unspecified atom stereocenters. The second-order valence-electron chi connectivity index (χ2n) is 1.07. The van der Waals surface area contributed by atoms with E-state index in [0.29, 0.717) is 0 Å². The van der Waals surface area contributed by atoms with Gasteiger partial charge in [-0.05, 0) is 12.8 Å². The normalized spacial score (nSPS) is 8.17. The molecule has 0 bridgehead atoms. The highest BCUT2D eigenvalue weighted by Crippen LogP contribution is 1.91. The number of allylic oxidation sites excluding steroid dienone is 1. The standard InChI is InChI=1S/C5H8Br/c1-2-3-4-5-6/h1-2H,3-5H2. The molecule has 0 aliphatic rings. The van der Waals surface area contributed by atoms with Gasteiger partial charge in [-0.3, -0.25) is 0 Å². The molecule has 0 spiro atoms. The fraction of sp³-hybridized carbons (Fsp3) is 0.600. The van der Waals surface area contributed by atoms with E-state index >= 15 is 0 Å². The Bertz CT molecular complexity index is 32.9. The molecule has 0 atom stereocenters. The summed E-state index contributed by atoms with van der Waals surface area (Å²) in [5, 5.41) is 1.06. The summed E-state index contributed by atoms with van der Waals surface area (Å²) < 4.78 is 0. The highest BCUT2D eigenvalue weighted by Gasteiger charge is 1.73. The van der Waals surface area contributed by atoms with E-state index in [0.717, 1.165) is 18.2 Å².